The van der Waals surface area contributed by atoms with Gasteiger partial charge in [0.25, 0.3) is 0 Å². The second-order valence-electron chi connectivity index (χ2n) is 9.83. The number of ether oxygens (including phenoxy) is 2. The van der Waals surface area contributed by atoms with Gasteiger partial charge in [0, 0.05) is 61.8 Å². The monoisotopic (exact) mass is 528 g/mol. The van der Waals surface area contributed by atoms with Crippen LogP contribution in [-0.2, 0) is 4.74 Å². The van der Waals surface area contributed by atoms with Crippen molar-refractivity contribution < 1.29 is 14.6 Å². The molecule has 6 heterocycles. The summed E-state index contributed by atoms with van der Waals surface area (Å²) in [6.07, 6.45) is 7.23. The number of aromatic nitrogens is 3. The number of aliphatic hydroxyl groups is 1. The number of nitrogens with zero attached hydrogens (tertiary/aromatic N) is 8. The van der Waals surface area contributed by atoms with Crippen LogP contribution < -0.4 is 9.64 Å². The number of fused-ring (bicyclic) bond motifs is 3. The molecule has 3 aliphatic heterocycles. The van der Waals surface area contributed by atoms with Crippen LogP contribution in [0.15, 0.2) is 59.1 Å². The highest BCUT2D eigenvalue weighted by atomic mass is 16.5. The SMILES string of the molecule is C=C(CN1C2CC1CN(c1ccc(-c3cc(OC[C@H](C)O)cn4ncc(C#N)c34)cn1)C2)/N=C\C(=N/C)OC. The van der Waals surface area contributed by atoms with E-state index in [9.17, 15) is 10.4 Å². The minimum Gasteiger partial charge on any atom is -0.489 e. The smallest absolute Gasteiger partial charge is 0.227 e. The number of piperidine rings is 1. The van der Waals surface area contributed by atoms with Gasteiger partial charge in [0.1, 0.15) is 24.2 Å². The third-order valence-corrected chi connectivity index (χ3v) is 7.08. The maximum atomic E-state index is 9.63. The average molecular weight is 529 g/mol. The second-order valence-corrected chi connectivity index (χ2v) is 9.83. The van der Waals surface area contributed by atoms with E-state index in [1.807, 2.05) is 24.4 Å². The molecular formula is C28H32N8O3. The minimum atomic E-state index is -0.603. The normalized spacial score (nSPS) is 20.1. The van der Waals surface area contributed by atoms with Crippen molar-refractivity contribution in [3.05, 3.63) is 54.6 Å². The van der Waals surface area contributed by atoms with Gasteiger partial charge >= 0.3 is 0 Å². The van der Waals surface area contributed by atoms with Gasteiger partial charge in [-0.05, 0) is 31.5 Å². The van der Waals surface area contributed by atoms with Gasteiger partial charge in [-0.15, -0.1) is 0 Å². The van der Waals surface area contributed by atoms with E-state index in [0.717, 1.165) is 42.2 Å². The Morgan fingerprint density at radius 1 is 1.33 bits per heavy atom. The van der Waals surface area contributed by atoms with Crippen LogP contribution >= 0.6 is 0 Å². The van der Waals surface area contributed by atoms with Crippen molar-refractivity contribution in [3.63, 3.8) is 0 Å². The summed E-state index contributed by atoms with van der Waals surface area (Å²) in [5, 5.41) is 23.6. The lowest BCUT2D eigenvalue weighted by atomic mass is 9.87. The molecule has 1 N–H and O–H groups in total. The summed E-state index contributed by atoms with van der Waals surface area (Å²) in [5.41, 5.74) is 3.59. The Hall–Kier alpha value is -4.27. The number of anilines is 1. The molecule has 6 rings (SSSR count). The van der Waals surface area contributed by atoms with Crippen molar-refractivity contribution in [2.24, 2.45) is 9.98 Å². The van der Waals surface area contributed by atoms with Crippen molar-refractivity contribution >= 4 is 23.4 Å². The number of methoxy groups -OCH3 is 1. The number of pyridine rings is 2. The first-order valence-electron chi connectivity index (χ1n) is 12.8. The van der Waals surface area contributed by atoms with Crippen LogP contribution in [0.4, 0.5) is 5.82 Å². The Morgan fingerprint density at radius 2 is 2.13 bits per heavy atom. The molecular weight excluding hydrogens is 496 g/mol. The molecule has 3 saturated heterocycles. The fourth-order valence-electron chi connectivity index (χ4n) is 5.16. The molecule has 3 fully saturated rings. The van der Waals surface area contributed by atoms with Crippen molar-refractivity contribution in [1.29, 1.82) is 5.26 Å². The van der Waals surface area contributed by atoms with Crippen LogP contribution in [0, 0.1) is 11.3 Å². The zero-order chi connectivity index (χ0) is 27.5. The Bertz CT molecular complexity index is 1440. The summed E-state index contributed by atoms with van der Waals surface area (Å²) in [4.78, 5) is 17.9. The molecule has 11 heteroatoms. The van der Waals surface area contributed by atoms with Crippen LogP contribution in [0.5, 0.6) is 5.75 Å². The molecule has 0 spiro atoms. The molecule has 3 aromatic rings. The van der Waals surface area contributed by atoms with Crippen molar-refractivity contribution in [1.82, 2.24) is 19.5 Å². The quantitative estimate of drug-likeness (QED) is 0.332. The highest BCUT2D eigenvalue weighted by Crippen LogP contribution is 2.36. The van der Waals surface area contributed by atoms with E-state index in [2.05, 4.69) is 37.5 Å². The van der Waals surface area contributed by atoms with E-state index >= 15 is 0 Å². The van der Waals surface area contributed by atoms with Crippen LogP contribution in [0.1, 0.15) is 18.9 Å². The first kappa shape index (κ1) is 26.3. The average Bonchev–Trinajstić information content (AvgIpc) is 3.38. The van der Waals surface area contributed by atoms with Crippen LogP contribution in [0.2, 0.25) is 0 Å². The molecule has 3 atom stereocenters. The Morgan fingerprint density at radius 3 is 2.77 bits per heavy atom. The van der Waals surface area contributed by atoms with Crippen LogP contribution in [0.25, 0.3) is 16.6 Å². The third-order valence-electron chi connectivity index (χ3n) is 7.08. The Kier molecular flexibility index (Phi) is 7.58. The van der Waals surface area contributed by atoms with Crippen LogP contribution in [-0.4, -0.2) is 95.3 Å². The molecule has 3 aromatic heterocycles. The molecule has 39 heavy (non-hydrogen) atoms. The van der Waals surface area contributed by atoms with Gasteiger partial charge in [-0.3, -0.25) is 14.9 Å². The summed E-state index contributed by atoms with van der Waals surface area (Å²) in [6, 6.07) is 8.96. The second kappa shape index (κ2) is 11.2. The summed E-state index contributed by atoms with van der Waals surface area (Å²) >= 11 is 0. The standard InChI is InChI=1S/C28H32N8O3/c1-18(31-12-27(30-3)38-4)13-35-22-7-23(35)15-34(14-22)26-6-5-20(10-32-26)25-8-24(39-17-19(2)37)16-36-28(25)21(9-29)11-33-36/h5-6,8,10-12,16,19,22-23,37H,1,7,13-15,17H2,2-4H3/b30-27+,31-12-/t19-,22?,23?/m0/s1. The van der Waals surface area contributed by atoms with Gasteiger partial charge in [-0.25, -0.2) is 9.50 Å². The topological polar surface area (TPSA) is 124 Å². The first-order chi connectivity index (χ1) is 18.9. The van der Waals surface area contributed by atoms with E-state index in [0.29, 0.717) is 41.4 Å². The van der Waals surface area contributed by atoms with Gasteiger partial charge in [0.15, 0.2) is 0 Å². The molecule has 0 saturated carbocycles. The molecule has 202 valence electrons. The maximum absolute atomic E-state index is 9.63. The van der Waals surface area contributed by atoms with Crippen molar-refractivity contribution in [2.75, 3.05) is 45.3 Å². The summed E-state index contributed by atoms with van der Waals surface area (Å²) in [5.74, 6) is 1.94. The summed E-state index contributed by atoms with van der Waals surface area (Å²) < 4.78 is 12.5. The predicted molar refractivity (Wildman–Crippen MR) is 149 cm³/mol. The lowest BCUT2D eigenvalue weighted by molar-refractivity contribution is 0.00802. The number of rotatable bonds is 9. The number of aliphatic imine (C=N–C) groups is 2. The van der Waals surface area contributed by atoms with Gasteiger partial charge in [-0.1, -0.05) is 6.58 Å². The molecule has 0 aliphatic carbocycles. The van der Waals surface area contributed by atoms with Crippen molar-refractivity contribution in [3.8, 4) is 22.9 Å². The number of hydrogen-bond acceptors (Lipinski definition) is 10. The number of aliphatic hydroxyl groups excluding tert-OH is 1. The Labute approximate surface area is 227 Å². The lowest BCUT2D eigenvalue weighted by Crippen LogP contribution is -2.69. The third kappa shape index (κ3) is 5.48. The zero-order valence-corrected chi connectivity index (χ0v) is 22.4. The molecule has 3 aliphatic rings. The number of hydrogen-bond donors (Lipinski definition) is 1. The van der Waals surface area contributed by atoms with E-state index in [4.69, 9.17) is 14.5 Å². The summed E-state index contributed by atoms with van der Waals surface area (Å²) in [7, 11) is 3.23. The highest BCUT2D eigenvalue weighted by molar-refractivity contribution is 6.26. The Balaban J connectivity index is 1.29. The molecule has 2 bridgehead atoms. The molecule has 11 nitrogen and oxygen atoms in total. The van der Waals surface area contributed by atoms with E-state index in [-0.39, 0.29) is 6.61 Å². The molecule has 2 unspecified atom stereocenters. The van der Waals surface area contributed by atoms with Gasteiger partial charge in [0.05, 0.1) is 42.9 Å². The fourth-order valence-corrected chi connectivity index (χ4v) is 5.16. The minimum absolute atomic E-state index is 0.156. The largest absolute Gasteiger partial charge is 0.489 e. The highest BCUT2D eigenvalue weighted by Gasteiger charge is 2.44. The zero-order valence-electron chi connectivity index (χ0n) is 22.4. The number of piperazine rings is 1. The molecule has 0 radical (unpaired) electrons. The van der Waals surface area contributed by atoms with Crippen molar-refractivity contribution in [2.45, 2.75) is 31.5 Å². The van der Waals surface area contributed by atoms with E-state index in [1.54, 1.807) is 44.2 Å². The number of nitriles is 1. The predicted octanol–water partition coefficient (Wildman–Crippen LogP) is 2.55. The summed E-state index contributed by atoms with van der Waals surface area (Å²) in [6.45, 7) is 8.39. The van der Waals surface area contributed by atoms with Gasteiger partial charge in [0.2, 0.25) is 5.90 Å². The van der Waals surface area contributed by atoms with Gasteiger partial charge in [-0.2, -0.15) is 10.4 Å². The first-order valence-corrected chi connectivity index (χ1v) is 12.8. The van der Waals surface area contributed by atoms with E-state index in [1.165, 1.54) is 0 Å². The van der Waals surface area contributed by atoms with E-state index < -0.39 is 6.10 Å². The maximum Gasteiger partial charge on any atom is 0.227 e. The van der Waals surface area contributed by atoms with Crippen LogP contribution in [0.3, 0.4) is 0 Å². The van der Waals surface area contributed by atoms with Gasteiger partial charge < -0.3 is 19.5 Å². The lowest BCUT2D eigenvalue weighted by Gasteiger charge is -2.56. The fraction of sp³-hybridized carbons (Fsp3) is 0.393. The molecule has 0 amide bonds. The molecule has 0 aromatic carbocycles.